The minimum atomic E-state index is -3.70. The van der Waals surface area contributed by atoms with Crippen LogP contribution in [-0.4, -0.2) is 41.1 Å². The fourth-order valence-corrected chi connectivity index (χ4v) is 6.38. The Morgan fingerprint density at radius 2 is 1.61 bits per heavy atom. The molecule has 202 valence electrons. The Morgan fingerprint density at radius 3 is 2.29 bits per heavy atom. The van der Waals surface area contributed by atoms with Crippen molar-refractivity contribution in [3.63, 3.8) is 0 Å². The number of nitrogens with one attached hydrogen (secondary N) is 1. The van der Waals surface area contributed by atoms with E-state index in [2.05, 4.69) is 78.3 Å². The second-order valence-electron chi connectivity index (χ2n) is 9.43. The first-order valence-electron chi connectivity index (χ1n) is 13.8. The summed E-state index contributed by atoms with van der Waals surface area (Å²) >= 11 is 0. The Morgan fingerprint density at radius 1 is 0.868 bits per heavy atom. The third kappa shape index (κ3) is 5.49. The minimum absolute atomic E-state index is 0.283. The molecular formula is C31H40N3O3S+. The molecule has 0 radical (unpaired) electrons. The number of sulfonamides is 1. The van der Waals surface area contributed by atoms with Crippen LogP contribution in [0.25, 0.3) is 33.4 Å². The van der Waals surface area contributed by atoms with Crippen LogP contribution in [0.1, 0.15) is 47.5 Å². The molecule has 0 fully saturated rings. The largest absolute Gasteiger partial charge is 0.456 e. The van der Waals surface area contributed by atoms with Gasteiger partial charge in [0, 0.05) is 59.5 Å². The maximum atomic E-state index is 13.5. The van der Waals surface area contributed by atoms with Crippen LogP contribution < -0.4 is 19.6 Å². The van der Waals surface area contributed by atoms with Gasteiger partial charge in [0.15, 0.2) is 0 Å². The Labute approximate surface area is 227 Å². The molecule has 2 aromatic carbocycles. The first kappa shape index (κ1) is 27.9. The van der Waals surface area contributed by atoms with Crippen molar-refractivity contribution in [1.82, 2.24) is 9.30 Å². The molecule has 0 bridgehead atoms. The number of hydrogen-bond donors (Lipinski definition) is 1. The molecular weight excluding hydrogens is 494 g/mol. The zero-order chi connectivity index (χ0) is 27.3. The van der Waals surface area contributed by atoms with Gasteiger partial charge in [-0.05, 0) is 58.4 Å². The molecule has 1 heterocycles. The number of unbranched alkanes of at least 4 members (excludes halogenated alkanes) is 1. The highest BCUT2D eigenvalue weighted by atomic mass is 32.2. The summed E-state index contributed by atoms with van der Waals surface area (Å²) in [6.07, 6.45) is 1.71. The van der Waals surface area contributed by atoms with Gasteiger partial charge < -0.3 is 9.32 Å². The number of nitrogens with zero attached hydrogens (tertiary/aromatic N) is 2. The molecule has 38 heavy (non-hydrogen) atoms. The highest BCUT2D eigenvalue weighted by Crippen LogP contribution is 2.42. The summed E-state index contributed by atoms with van der Waals surface area (Å²) in [4.78, 5) is 2.56. The summed E-state index contributed by atoms with van der Waals surface area (Å²) in [7, 11) is -3.70. The van der Waals surface area contributed by atoms with Crippen LogP contribution >= 0.6 is 0 Å². The smallest absolute Gasteiger partial charge is 0.241 e. The normalized spacial score (nSPS) is 11.8. The average Bonchev–Trinajstić information content (AvgIpc) is 2.93. The lowest BCUT2D eigenvalue weighted by Gasteiger charge is -2.23. The number of hydrogen-bond acceptors (Lipinski definition) is 4. The maximum absolute atomic E-state index is 13.5. The van der Waals surface area contributed by atoms with Gasteiger partial charge in [-0.15, -0.1) is 0 Å². The molecule has 2 aliphatic rings. The van der Waals surface area contributed by atoms with Gasteiger partial charge in [-0.2, -0.15) is 0 Å². The summed E-state index contributed by atoms with van der Waals surface area (Å²) in [6, 6.07) is 19.8. The van der Waals surface area contributed by atoms with Gasteiger partial charge in [-0.25, -0.2) is 17.7 Å². The fraction of sp³-hybridized carbons (Fsp3) is 0.387. The summed E-state index contributed by atoms with van der Waals surface area (Å²) in [5, 5.41) is 1.97. The second kappa shape index (κ2) is 12.1. The van der Waals surface area contributed by atoms with Crippen molar-refractivity contribution in [3.8, 4) is 22.5 Å². The van der Waals surface area contributed by atoms with Crippen LogP contribution in [0, 0.1) is 0 Å². The zero-order valence-corrected chi connectivity index (χ0v) is 24.1. The standard InChI is InChI=1S/C31H40N3O3S/c1-6-11-20-32-38(35,36)30-15-13-12-14-27(30)31-25-18-16-23(33(7-2)8-3)21-28(25)37-29-22-24(17-19-26(29)31)34(9-4)10-5/h12-19,21-22,32H,6-11,20H2,1-5H3/q+1. The quantitative estimate of drug-likeness (QED) is 0.147. The number of anilines is 1. The first-order chi connectivity index (χ1) is 18.4. The van der Waals surface area contributed by atoms with Crippen LogP contribution in [0.2, 0.25) is 0 Å². The van der Waals surface area contributed by atoms with Gasteiger partial charge >= 0.3 is 0 Å². The molecule has 0 spiro atoms. The van der Waals surface area contributed by atoms with E-state index in [-0.39, 0.29) is 4.90 Å². The molecule has 1 N–H and O–H groups in total. The lowest BCUT2D eigenvalue weighted by Crippen LogP contribution is -2.29. The zero-order valence-electron chi connectivity index (χ0n) is 23.3. The van der Waals surface area contributed by atoms with Crippen molar-refractivity contribution in [2.75, 3.05) is 37.6 Å². The van der Waals surface area contributed by atoms with Crippen LogP contribution in [0.15, 0.2) is 70.0 Å². The van der Waals surface area contributed by atoms with Crippen molar-refractivity contribution in [2.24, 2.45) is 0 Å². The number of rotatable bonds is 11. The van der Waals surface area contributed by atoms with Crippen LogP contribution in [0.5, 0.6) is 0 Å². The van der Waals surface area contributed by atoms with Gasteiger partial charge in [0.05, 0.1) is 11.0 Å². The summed E-state index contributed by atoms with van der Waals surface area (Å²) in [6.45, 7) is 14.6. The number of fused-ring (bicyclic) bond motifs is 2. The summed E-state index contributed by atoms with van der Waals surface area (Å²) in [5.41, 5.74) is 4.25. The molecule has 0 saturated carbocycles. The maximum Gasteiger partial charge on any atom is 0.241 e. The Balaban J connectivity index is 2.07. The molecule has 2 aromatic rings. The fourth-order valence-electron chi connectivity index (χ4n) is 5.10. The molecule has 0 saturated heterocycles. The molecule has 0 atom stereocenters. The van der Waals surface area contributed by atoms with Gasteiger partial charge in [0.25, 0.3) is 0 Å². The first-order valence-corrected chi connectivity index (χ1v) is 15.3. The molecule has 0 unspecified atom stereocenters. The molecule has 1 aliphatic heterocycles. The Kier molecular flexibility index (Phi) is 8.90. The van der Waals surface area contributed by atoms with Gasteiger partial charge in [-0.3, -0.25) is 0 Å². The SMILES string of the molecule is CCCCNS(=O)(=O)c1ccccc1-c1c2ccc(=[N+](CC)CC)cc-2oc2cc(N(CC)CC)ccc12. The van der Waals surface area contributed by atoms with Crippen LogP contribution in [0.3, 0.4) is 0 Å². The summed E-state index contributed by atoms with van der Waals surface area (Å²) < 4.78 is 38.6. The van der Waals surface area contributed by atoms with E-state index in [4.69, 9.17) is 4.42 Å². The van der Waals surface area contributed by atoms with E-state index in [1.165, 1.54) is 0 Å². The summed E-state index contributed by atoms with van der Waals surface area (Å²) in [5.74, 6) is 0.736. The molecule has 0 aromatic heterocycles. The topological polar surface area (TPSA) is 65.6 Å². The van der Waals surface area contributed by atoms with Crippen molar-refractivity contribution >= 4 is 26.7 Å². The Bertz CT molecular complexity index is 1550. The van der Waals surface area contributed by atoms with Crippen molar-refractivity contribution in [2.45, 2.75) is 52.4 Å². The third-order valence-electron chi connectivity index (χ3n) is 7.21. The lowest BCUT2D eigenvalue weighted by molar-refractivity contribution is 0.578. The van der Waals surface area contributed by atoms with E-state index < -0.39 is 10.0 Å². The predicted octanol–water partition coefficient (Wildman–Crippen LogP) is 5.94. The third-order valence-corrected chi connectivity index (χ3v) is 8.73. The Hall–Kier alpha value is -3.16. The monoisotopic (exact) mass is 534 g/mol. The second-order valence-corrected chi connectivity index (χ2v) is 11.2. The van der Waals surface area contributed by atoms with E-state index in [9.17, 15) is 8.42 Å². The van der Waals surface area contributed by atoms with E-state index in [0.717, 1.165) is 77.9 Å². The minimum Gasteiger partial charge on any atom is -0.456 e. The van der Waals surface area contributed by atoms with E-state index in [1.54, 1.807) is 12.1 Å². The van der Waals surface area contributed by atoms with Gasteiger partial charge in [0.1, 0.15) is 24.4 Å². The molecule has 0 amide bonds. The molecule has 1 aliphatic carbocycles. The van der Waals surface area contributed by atoms with Crippen molar-refractivity contribution in [3.05, 3.63) is 66.0 Å². The molecule has 6 nitrogen and oxygen atoms in total. The van der Waals surface area contributed by atoms with E-state index in [1.807, 2.05) is 19.1 Å². The van der Waals surface area contributed by atoms with E-state index in [0.29, 0.717) is 12.1 Å². The van der Waals surface area contributed by atoms with E-state index >= 15 is 0 Å². The highest BCUT2D eigenvalue weighted by molar-refractivity contribution is 7.89. The van der Waals surface area contributed by atoms with Gasteiger partial charge in [-0.1, -0.05) is 31.5 Å². The number of benzene rings is 3. The van der Waals surface area contributed by atoms with Crippen LogP contribution in [-0.2, 0) is 10.0 Å². The predicted molar refractivity (Wildman–Crippen MR) is 158 cm³/mol. The van der Waals surface area contributed by atoms with Crippen molar-refractivity contribution in [1.29, 1.82) is 0 Å². The van der Waals surface area contributed by atoms with Crippen molar-refractivity contribution < 1.29 is 12.8 Å². The highest BCUT2D eigenvalue weighted by Gasteiger charge is 2.25. The lowest BCUT2D eigenvalue weighted by atomic mass is 9.93. The molecule has 4 rings (SSSR count). The van der Waals surface area contributed by atoms with Gasteiger partial charge in [0.2, 0.25) is 15.4 Å². The van der Waals surface area contributed by atoms with Crippen LogP contribution in [0.4, 0.5) is 5.69 Å². The average molecular weight is 535 g/mol. The molecule has 7 heteroatoms.